The molecule has 0 bridgehead atoms. The maximum Gasteiger partial charge on any atom is 0.351 e. The fourth-order valence-electron chi connectivity index (χ4n) is 2.23. The monoisotopic (exact) mass is 330 g/mol. The minimum absolute atomic E-state index is 0.141. The molecule has 7 nitrogen and oxygen atoms in total. The van der Waals surface area contributed by atoms with E-state index >= 15 is 0 Å². The van der Waals surface area contributed by atoms with Crippen molar-refractivity contribution < 1.29 is 24.9 Å². The summed E-state index contributed by atoms with van der Waals surface area (Å²) in [6.07, 6.45) is 5.48. The van der Waals surface area contributed by atoms with Gasteiger partial charge in [-0.3, -0.25) is 4.99 Å². The fourth-order valence-corrected chi connectivity index (χ4v) is 2.23. The van der Waals surface area contributed by atoms with Crippen molar-refractivity contribution in [1.82, 2.24) is 5.32 Å². The van der Waals surface area contributed by atoms with E-state index in [0.29, 0.717) is 18.5 Å². The smallest absolute Gasteiger partial charge is 0.351 e. The number of carboxylic acids is 2. The predicted molar refractivity (Wildman–Crippen MR) is 88.1 cm³/mol. The first-order valence-electron chi connectivity index (χ1n) is 7.37. The molecule has 0 aromatic heterocycles. The van der Waals surface area contributed by atoms with Crippen LogP contribution in [0.1, 0.15) is 12.0 Å². The zero-order valence-corrected chi connectivity index (χ0v) is 12.8. The van der Waals surface area contributed by atoms with Gasteiger partial charge in [0.1, 0.15) is 17.5 Å². The fraction of sp³-hybridized carbons (Fsp3) is 0.235. The first-order valence-corrected chi connectivity index (χ1v) is 7.37. The number of aromatic hydroxyl groups is 1. The topological polar surface area (TPSA) is 119 Å². The molecule has 1 aromatic rings. The number of nitrogens with zero attached hydrogens (tertiary/aromatic N) is 1. The van der Waals surface area contributed by atoms with E-state index in [4.69, 9.17) is 10.2 Å². The van der Waals surface area contributed by atoms with Crippen molar-refractivity contribution in [3.8, 4) is 5.75 Å². The number of hydrogen-bond acceptors (Lipinski definition) is 5. The van der Waals surface area contributed by atoms with Crippen LogP contribution in [0.3, 0.4) is 0 Å². The minimum Gasteiger partial charge on any atom is -0.508 e. The average molecular weight is 330 g/mol. The lowest BCUT2D eigenvalue weighted by Gasteiger charge is -2.21. The Morgan fingerprint density at radius 3 is 2.58 bits per heavy atom. The van der Waals surface area contributed by atoms with Gasteiger partial charge < -0.3 is 20.6 Å². The van der Waals surface area contributed by atoms with Crippen molar-refractivity contribution in [1.29, 1.82) is 0 Å². The second-order valence-electron chi connectivity index (χ2n) is 5.32. The first kappa shape index (κ1) is 17.3. The number of hydrogen-bond donors (Lipinski definition) is 4. The molecule has 0 spiro atoms. The molecule has 126 valence electrons. The largest absolute Gasteiger partial charge is 0.508 e. The Kier molecular flexibility index (Phi) is 5.73. The molecule has 0 aliphatic carbocycles. The zero-order valence-electron chi connectivity index (χ0n) is 12.8. The van der Waals surface area contributed by atoms with Crippen LogP contribution in [-0.2, 0) is 16.0 Å². The number of carbonyl (C=O) groups is 2. The standard InChI is InChI=1S/C17H18N2O5/c20-13-3-1-11(2-4-13)5-7-18-8-6-12-9-14(16(21)22)19-15(10-12)17(23)24/h1-4,6,8-9,15,19-20H,5,7,10H2,(H,21,22)(H,23,24)/b12-6-,18-8+. The summed E-state index contributed by atoms with van der Waals surface area (Å²) in [5.41, 5.74) is 1.49. The highest BCUT2D eigenvalue weighted by atomic mass is 16.4. The van der Waals surface area contributed by atoms with Crippen LogP contribution >= 0.6 is 0 Å². The Hall–Kier alpha value is -3.09. The number of carboxylic acid groups (broad SMARTS) is 2. The Balaban J connectivity index is 1.95. The molecule has 0 radical (unpaired) electrons. The number of aliphatic carboxylic acids is 2. The van der Waals surface area contributed by atoms with Crippen LogP contribution in [0.15, 0.2) is 52.7 Å². The molecule has 0 saturated heterocycles. The number of allylic oxidation sites excluding steroid dienone is 2. The van der Waals surface area contributed by atoms with Crippen molar-refractivity contribution >= 4 is 18.2 Å². The lowest BCUT2D eigenvalue weighted by Crippen LogP contribution is -2.41. The van der Waals surface area contributed by atoms with Crippen molar-refractivity contribution in [2.24, 2.45) is 4.99 Å². The van der Waals surface area contributed by atoms with Crippen LogP contribution in [0.2, 0.25) is 0 Å². The first-order chi connectivity index (χ1) is 11.5. The van der Waals surface area contributed by atoms with Gasteiger partial charge in [-0.25, -0.2) is 9.59 Å². The van der Waals surface area contributed by atoms with Crippen molar-refractivity contribution in [2.45, 2.75) is 18.9 Å². The number of phenols is 1. The lowest BCUT2D eigenvalue weighted by atomic mass is 10.00. The molecule has 1 atom stereocenters. The second-order valence-corrected chi connectivity index (χ2v) is 5.32. The van der Waals surface area contributed by atoms with Gasteiger partial charge in [0.15, 0.2) is 0 Å². The number of aliphatic imine (C=N–C) groups is 1. The summed E-state index contributed by atoms with van der Waals surface area (Å²) in [5, 5.41) is 29.7. The van der Waals surface area contributed by atoms with Crippen LogP contribution in [0.5, 0.6) is 5.75 Å². The summed E-state index contributed by atoms with van der Waals surface area (Å²) >= 11 is 0. The van der Waals surface area contributed by atoms with Crippen molar-refractivity contribution in [3.05, 3.63) is 53.3 Å². The zero-order chi connectivity index (χ0) is 17.5. The highest BCUT2D eigenvalue weighted by Crippen LogP contribution is 2.16. The third-order valence-corrected chi connectivity index (χ3v) is 3.49. The Labute approximate surface area is 138 Å². The highest BCUT2D eigenvalue weighted by molar-refractivity contribution is 5.89. The number of benzene rings is 1. The molecule has 1 unspecified atom stereocenters. The van der Waals surface area contributed by atoms with Crippen LogP contribution in [0.25, 0.3) is 0 Å². The van der Waals surface area contributed by atoms with Gasteiger partial charge >= 0.3 is 11.9 Å². The molecular formula is C17H18N2O5. The molecule has 2 rings (SSSR count). The van der Waals surface area contributed by atoms with Gasteiger partial charge in [-0.2, -0.15) is 0 Å². The van der Waals surface area contributed by atoms with E-state index < -0.39 is 18.0 Å². The molecule has 1 heterocycles. The van der Waals surface area contributed by atoms with Gasteiger partial charge in [0.2, 0.25) is 0 Å². The summed E-state index contributed by atoms with van der Waals surface area (Å²) in [6, 6.07) is 5.89. The van der Waals surface area contributed by atoms with Gasteiger partial charge in [0.25, 0.3) is 0 Å². The summed E-state index contributed by atoms with van der Waals surface area (Å²) in [5.74, 6) is -2.08. The van der Waals surface area contributed by atoms with Crippen LogP contribution in [0.4, 0.5) is 0 Å². The maximum absolute atomic E-state index is 11.1. The quantitative estimate of drug-likeness (QED) is 0.585. The molecule has 1 aromatic carbocycles. The van der Waals surface area contributed by atoms with E-state index in [-0.39, 0.29) is 17.9 Å². The molecule has 7 heteroatoms. The Morgan fingerprint density at radius 2 is 1.96 bits per heavy atom. The van der Waals surface area contributed by atoms with Crippen molar-refractivity contribution in [3.63, 3.8) is 0 Å². The van der Waals surface area contributed by atoms with Crippen LogP contribution in [-0.4, -0.2) is 46.1 Å². The molecular weight excluding hydrogens is 312 g/mol. The second kappa shape index (κ2) is 7.96. The minimum atomic E-state index is -1.20. The summed E-state index contributed by atoms with van der Waals surface area (Å²) in [4.78, 5) is 26.3. The number of phenolic OH excluding ortho intramolecular Hbond substituents is 1. The Morgan fingerprint density at radius 1 is 1.25 bits per heavy atom. The van der Waals surface area contributed by atoms with E-state index in [1.807, 2.05) is 12.1 Å². The SMILES string of the molecule is O=C(O)C1=C/C(=C/C=N/CCc2ccc(O)cc2)CC(C(=O)O)N1. The van der Waals surface area contributed by atoms with Gasteiger partial charge in [0.05, 0.1) is 0 Å². The van der Waals surface area contributed by atoms with E-state index in [1.165, 1.54) is 6.08 Å². The summed E-state index contributed by atoms with van der Waals surface area (Å²) in [7, 11) is 0. The number of rotatable bonds is 6. The third-order valence-electron chi connectivity index (χ3n) is 3.49. The molecule has 1 aliphatic rings. The summed E-state index contributed by atoms with van der Waals surface area (Å²) in [6.45, 7) is 0.532. The number of nitrogens with one attached hydrogen (secondary N) is 1. The van der Waals surface area contributed by atoms with E-state index in [9.17, 15) is 14.7 Å². The van der Waals surface area contributed by atoms with Gasteiger partial charge in [-0.15, -0.1) is 0 Å². The van der Waals surface area contributed by atoms with E-state index in [0.717, 1.165) is 5.56 Å². The van der Waals surface area contributed by atoms with Crippen LogP contribution < -0.4 is 5.32 Å². The maximum atomic E-state index is 11.1. The van der Waals surface area contributed by atoms with Crippen LogP contribution in [0, 0.1) is 0 Å². The Bertz CT molecular complexity index is 704. The van der Waals surface area contributed by atoms with E-state index in [2.05, 4.69) is 10.3 Å². The lowest BCUT2D eigenvalue weighted by molar-refractivity contribution is -0.139. The highest BCUT2D eigenvalue weighted by Gasteiger charge is 2.26. The van der Waals surface area contributed by atoms with Gasteiger partial charge in [0, 0.05) is 19.2 Å². The average Bonchev–Trinajstić information content (AvgIpc) is 2.56. The molecule has 0 saturated carbocycles. The molecule has 1 aliphatic heterocycles. The molecule has 0 fully saturated rings. The van der Waals surface area contributed by atoms with Gasteiger partial charge in [-0.05, 0) is 41.8 Å². The van der Waals surface area contributed by atoms with Crippen molar-refractivity contribution in [2.75, 3.05) is 6.54 Å². The molecule has 4 N–H and O–H groups in total. The normalized spacial score (nSPS) is 19.1. The molecule has 0 amide bonds. The predicted octanol–water partition coefficient (Wildman–Crippen LogP) is 1.35. The summed E-state index contributed by atoms with van der Waals surface area (Å²) < 4.78 is 0. The van der Waals surface area contributed by atoms with E-state index in [1.54, 1.807) is 24.4 Å². The van der Waals surface area contributed by atoms with Gasteiger partial charge in [-0.1, -0.05) is 12.1 Å². The third kappa shape index (κ3) is 4.98. The molecule has 24 heavy (non-hydrogen) atoms.